The number of hydrogen-bond acceptors (Lipinski definition) is 5. The molecule has 2 aromatic heterocycles. The normalized spacial score (nSPS) is 15.6. The molecule has 0 aliphatic carbocycles. The van der Waals surface area contributed by atoms with E-state index in [0.29, 0.717) is 23.6 Å². The van der Waals surface area contributed by atoms with Crippen molar-refractivity contribution in [3.63, 3.8) is 0 Å². The second-order valence-corrected chi connectivity index (χ2v) is 7.64. The molecule has 0 spiro atoms. The van der Waals surface area contributed by atoms with Crippen molar-refractivity contribution in [3.05, 3.63) is 54.3 Å². The van der Waals surface area contributed by atoms with Gasteiger partial charge in [0, 0.05) is 30.6 Å². The standard InChI is InChI=1S/C22H25N3O3/c1-22(2,25-9-12-27-13-10-25)15-23-21(26)17-14-19(20-8-5-11-28-20)24-18-7-4-3-6-16(17)18/h3-8,11,14H,9-10,12-13,15H2,1-2H3,(H,23,26). The summed E-state index contributed by atoms with van der Waals surface area (Å²) >= 11 is 0. The van der Waals surface area contributed by atoms with Crippen LogP contribution < -0.4 is 5.32 Å². The van der Waals surface area contributed by atoms with E-state index in [2.05, 4.69) is 29.0 Å². The van der Waals surface area contributed by atoms with Gasteiger partial charge in [0.1, 0.15) is 5.69 Å². The van der Waals surface area contributed by atoms with Crippen molar-refractivity contribution in [1.82, 2.24) is 15.2 Å². The lowest BCUT2D eigenvalue weighted by molar-refractivity contribution is -0.00922. The van der Waals surface area contributed by atoms with E-state index >= 15 is 0 Å². The molecule has 146 valence electrons. The predicted octanol–water partition coefficient (Wildman–Crippen LogP) is 3.34. The van der Waals surface area contributed by atoms with E-state index in [1.54, 1.807) is 12.3 Å². The number of amides is 1. The fraction of sp³-hybridized carbons (Fsp3) is 0.364. The number of aromatic nitrogens is 1. The van der Waals surface area contributed by atoms with Crippen molar-refractivity contribution in [1.29, 1.82) is 0 Å². The summed E-state index contributed by atoms with van der Waals surface area (Å²) in [5.41, 5.74) is 1.89. The fourth-order valence-corrected chi connectivity index (χ4v) is 3.59. The van der Waals surface area contributed by atoms with E-state index in [4.69, 9.17) is 9.15 Å². The highest BCUT2D eigenvalue weighted by Gasteiger charge is 2.29. The molecule has 1 fully saturated rings. The molecule has 6 nitrogen and oxygen atoms in total. The first kappa shape index (κ1) is 18.7. The van der Waals surface area contributed by atoms with Gasteiger partial charge in [-0.1, -0.05) is 18.2 Å². The number of carbonyl (C=O) groups excluding carboxylic acids is 1. The summed E-state index contributed by atoms with van der Waals surface area (Å²) < 4.78 is 10.9. The van der Waals surface area contributed by atoms with Gasteiger partial charge in [-0.3, -0.25) is 9.69 Å². The molecule has 0 unspecified atom stereocenters. The summed E-state index contributed by atoms with van der Waals surface area (Å²) in [6, 6.07) is 13.2. The van der Waals surface area contributed by atoms with Crippen molar-refractivity contribution in [2.24, 2.45) is 0 Å². The first-order valence-corrected chi connectivity index (χ1v) is 9.59. The molecule has 0 atom stereocenters. The van der Waals surface area contributed by atoms with Gasteiger partial charge < -0.3 is 14.5 Å². The zero-order valence-corrected chi connectivity index (χ0v) is 16.3. The average molecular weight is 379 g/mol. The van der Waals surface area contributed by atoms with E-state index in [0.717, 1.165) is 37.2 Å². The maximum Gasteiger partial charge on any atom is 0.252 e. The number of nitrogens with zero attached hydrogens (tertiary/aromatic N) is 2. The van der Waals surface area contributed by atoms with Crippen LogP contribution in [0.2, 0.25) is 0 Å². The molecule has 6 heteroatoms. The Morgan fingerprint density at radius 3 is 2.71 bits per heavy atom. The second-order valence-electron chi connectivity index (χ2n) is 7.64. The number of rotatable bonds is 5. The van der Waals surface area contributed by atoms with Crippen LogP contribution in [-0.2, 0) is 4.74 Å². The van der Waals surface area contributed by atoms with Crippen LogP contribution in [0, 0.1) is 0 Å². The van der Waals surface area contributed by atoms with E-state index in [-0.39, 0.29) is 11.4 Å². The van der Waals surface area contributed by atoms with Crippen molar-refractivity contribution in [2.45, 2.75) is 19.4 Å². The second kappa shape index (κ2) is 7.73. The minimum Gasteiger partial charge on any atom is -0.463 e. The van der Waals surface area contributed by atoms with E-state index in [9.17, 15) is 4.79 Å². The van der Waals surface area contributed by atoms with Gasteiger partial charge in [0.15, 0.2) is 5.76 Å². The number of furan rings is 1. The molecule has 4 rings (SSSR count). The van der Waals surface area contributed by atoms with Crippen molar-refractivity contribution < 1.29 is 13.9 Å². The maximum absolute atomic E-state index is 13.1. The smallest absolute Gasteiger partial charge is 0.252 e. The minimum atomic E-state index is -0.147. The first-order valence-electron chi connectivity index (χ1n) is 9.59. The number of pyridine rings is 1. The third kappa shape index (κ3) is 3.79. The topological polar surface area (TPSA) is 67.6 Å². The molecule has 1 saturated heterocycles. The molecule has 28 heavy (non-hydrogen) atoms. The molecule has 1 N–H and O–H groups in total. The number of para-hydroxylation sites is 1. The van der Waals surface area contributed by atoms with Crippen LogP contribution in [0.25, 0.3) is 22.4 Å². The van der Waals surface area contributed by atoms with E-state index < -0.39 is 0 Å². The van der Waals surface area contributed by atoms with Crippen LogP contribution >= 0.6 is 0 Å². The fourth-order valence-electron chi connectivity index (χ4n) is 3.59. The molecule has 1 aliphatic rings. The van der Waals surface area contributed by atoms with Gasteiger partial charge >= 0.3 is 0 Å². The Morgan fingerprint density at radius 2 is 1.96 bits per heavy atom. The average Bonchev–Trinajstić information content (AvgIpc) is 3.27. The van der Waals surface area contributed by atoms with Crippen LogP contribution in [-0.4, -0.2) is 54.2 Å². The summed E-state index contributed by atoms with van der Waals surface area (Å²) in [4.78, 5) is 20.1. The molecule has 3 heterocycles. The molecule has 0 saturated carbocycles. The number of nitrogens with one attached hydrogen (secondary N) is 1. The first-order chi connectivity index (χ1) is 13.5. The van der Waals surface area contributed by atoms with Crippen molar-refractivity contribution in [3.8, 4) is 11.5 Å². The monoisotopic (exact) mass is 379 g/mol. The van der Waals surface area contributed by atoms with Crippen molar-refractivity contribution >= 4 is 16.8 Å². The van der Waals surface area contributed by atoms with Crippen LogP contribution in [0.1, 0.15) is 24.2 Å². The van der Waals surface area contributed by atoms with Gasteiger partial charge in [0.05, 0.1) is 30.6 Å². The largest absolute Gasteiger partial charge is 0.463 e. The van der Waals surface area contributed by atoms with Crippen LogP contribution in [0.4, 0.5) is 0 Å². The number of benzene rings is 1. The third-order valence-electron chi connectivity index (χ3n) is 5.28. The SMILES string of the molecule is CC(C)(CNC(=O)c1cc(-c2ccco2)nc2ccccc12)N1CCOCC1. The molecule has 1 aromatic carbocycles. The number of fused-ring (bicyclic) bond motifs is 1. The highest BCUT2D eigenvalue weighted by Crippen LogP contribution is 2.25. The Hall–Kier alpha value is -2.70. The zero-order valence-electron chi connectivity index (χ0n) is 16.3. The Bertz CT molecular complexity index is 960. The van der Waals surface area contributed by atoms with E-state index in [1.165, 1.54) is 0 Å². The maximum atomic E-state index is 13.1. The Balaban J connectivity index is 1.59. The van der Waals surface area contributed by atoms with Crippen LogP contribution in [0.15, 0.2) is 53.1 Å². The van der Waals surface area contributed by atoms with Gasteiger partial charge in [-0.25, -0.2) is 4.98 Å². The molecular formula is C22H25N3O3. The van der Waals surface area contributed by atoms with Gasteiger partial charge in [0.2, 0.25) is 0 Å². The summed E-state index contributed by atoms with van der Waals surface area (Å²) in [5.74, 6) is 0.543. The molecule has 0 bridgehead atoms. The number of ether oxygens (including phenoxy) is 1. The van der Waals surface area contributed by atoms with Crippen molar-refractivity contribution in [2.75, 3.05) is 32.8 Å². The quantitative estimate of drug-likeness (QED) is 0.736. The summed E-state index contributed by atoms with van der Waals surface area (Å²) in [6.45, 7) is 8.08. The molecule has 1 aliphatic heterocycles. The number of hydrogen-bond donors (Lipinski definition) is 1. The third-order valence-corrected chi connectivity index (χ3v) is 5.28. The minimum absolute atomic E-state index is 0.104. The van der Waals surface area contributed by atoms with Gasteiger partial charge in [-0.05, 0) is 38.1 Å². The lowest BCUT2D eigenvalue weighted by atomic mass is 10.0. The lowest BCUT2D eigenvalue weighted by Gasteiger charge is -2.40. The van der Waals surface area contributed by atoms with Gasteiger partial charge in [-0.15, -0.1) is 0 Å². The summed E-state index contributed by atoms with van der Waals surface area (Å²) in [6.07, 6.45) is 1.61. The zero-order chi connectivity index (χ0) is 19.6. The Morgan fingerprint density at radius 1 is 1.18 bits per heavy atom. The number of carbonyl (C=O) groups is 1. The van der Waals surface area contributed by atoms with Crippen LogP contribution in [0.5, 0.6) is 0 Å². The Labute approximate surface area is 164 Å². The summed E-state index contributed by atoms with van der Waals surface area (Å²) in [5, 5.41) is 3.95. The summed E-state index contributed by atoms with van der Waals surface area (Å²) in [7, 11) is 0. The predicted molar refractivity (Wildman–Crippen MR) is 108 cm³/mol. The molecular weight excluding hydrogens is 354 g/mol. The highest BCUT2D eigenvalue weighted by atomic mass is 16.5. The number of morpholine rings is 1. The highest BCUT2D eigenvalue weighted by molar-refractivity contribution is 6.07. The molecule has 3 aromatic rings. The van der Waals surface area contributed by atoms with E-state index in [1.807, 2.05) is 36.4 Å². The molecule has 1 amide bonds. The lowest BCUT2D eigenvalue weighted by Crippen LogP contribution is -2.55. The van der Waals surface area contributed by atoms with Gasteiger partial charge in [0.25, 0.3) is 5.91 Å². The molecule has 0 radical (unpaired) electrons. The Kier molecular flexibility index (Phi) is 5.15. The van der Waals surface area contributed by atoms with Crippen LogP contribution in [0.3, 0.4) is 0 Å². The van der Waals surface area contributed by atoms with Gasteiger partial charge in [-0.2, -0.15) is 0 Å².